The summed E-state index contributed by atoms with van der Waals surface area (Å²) in [5.74, 6) is 0.677. The highest BCUT2D eigenvalue weighted by molar-refractivity contribution is 7.98. The van der Waals surface area contributed by atoms with Gasteiger partial charge < -0.3 is 15.3 Å². The molecule has 2 aromatic rings. The van der Waals surface area contributed by atoms with Crippen molar-refractivity contribution in [2.45, 2.75) is 24.8 Å². The van der Waals surface area contributed by atoms with E-state index >= 15 is 0 Å². The molecule has 0 saturated carbocycles. The lowest BCUT2D eigenvalue weighted by Crippen LogP contribution is -2.28. The molecular weight excluding hydrogens is 290 g/mol. The highest BCUT2D eigenvalue weighted by Gasteiger charge is 2.16. The number of hydrogen-bond acceptors (Lipinski definition) is 5. The number of imidazole rings is 1. The number of aromatic amines is 2. The lowest BCUT2D eigenvalue weighted by atomic mass is 10.2. The van der Waals surface area contributed by atoms with Gasteiger partial charge in [-0.25, -0.2) is 9.78 Å². The molecule has 0 spiro atoms. The normalized spacial score (nSPS) is 10.6. The van der Waals surface area contributed by atoms with E-state index in [0.717, 1.165) is 18.7 Å². The molecule has 21 heavy (non-hydrogen) atoms. The first kappa shape index (κ1) is 15.3. The third-order valence-corrected chi connectivity index (χ3v) is 3.62. The lowest BCUT2D eigenvalue weighted by Gasteiger charge is -2.09. The van der Waals surface area contributed by atoms with Crippen LogP contribution in [0.25, 0.3) is 0 Å². The summed E-state index contributed by atoms with van der Waals surface area (Å²) < 4.78 is 0. The third-order valence-electron chi connectivity index (χ3n) is 2.94. The Kier molecular flexibility index (Phi) is 5.15. The van der Waals surface area contributed by atoms with Gasteiger partial charge in [0, 0.05) is 31.1 Å². The van der Waals surface area contributed by atoms with Gasteiger partial charge in [0.15, 0.2) is 0 Å². The zero-order chi connectivity index (χ0) is 15.2. The zero-order valence-electron chi connectivity index (χ0n) is 11.9. The van der Waals surface area contributed by atoms with Crippen LogP contribution in [-0.2, 0) is 6.42 Å². The summed E-state index contributed by atoms with van der Waals surface area (Å²) in [6.07, 6.45) is 6.81. The van der Waals surface area contributed by atoms with Gasteiger partial charge in [-0.05, 0) is 19.6 Å². The number of H-pyrrole nitrogens is 2. The molecule has 112 valence electrons. The van der Waals surface area contributed by atoms with Crippen LogP contribution in [0.4, 0.5) is 0 Å². The molecule has 1 amide bonds. The molecule has 0 aliphatic heterocycles. The van der Waals surface area contributed by atoms with Crippen molar-refractivity contribution in [3.05, 3.63) is 40.0 Å². The molecule has 8 heteroatoms. The fraction of sp³-hybridized carbons (Fsp3) is 0.385. The SMILES string of the molecule is CSc1nc(=O)[nH]c(C)c1C(=O)NCCCc1ncc[nH]1. The molecule has 2 aromatic heterocycles. The zero-order valence-corrected chi connectivity index (χ0v) is 12.7. The second-order valence-electron chi connectivity index (χ2n) is 4.45. The van der Waals surface area contributed by atoms with E-state index in [2.05, 4.69) is 25.3 Å². The summed E-state index contributed by atoms with van der Waals surface area (Å²) in [5, 5.41) is 3.28. The predicted octanol–water partition coefficient (Wildman–Crippen LogP) is 0.886. The van der Waals surface area contributed by atoms with Crippen LogP contribution in [0.5, 0.6) is 0 Å². The first-order valence-electron chi connectivity index (χ1n) is 6.53. The summed E-state index contributed by atoms with van der Waals surface area (Å²) in [4.78, 5) is 37.0. The maximum atomic E-state index is 12.2. The van der Waals surface area contributed by atoms with Gasteiger partial charge in [0.25, 0.3) is 5.91 Å². The van der Waals surface area contributed by atoms with Crippen molar-refractivity contribution in [1.82, 2.24) is 25.3 Å². The Morgan fingerprint density at radius 1 is 1.48 bits per heavy atom. The quantitative estimate of drug-likeness (QED) is 0.418. The smallest absolute Gasteiger partial charge is 0.346 e. The van der Waals surface area contributed by atoms with Crippen LogP contribution in [0.1, 0.15) is 28.3 Å². The van der Waals surface area contributed by atoms with Gasteiger partial charge in [-0.15, -0.1) is 11.8 Å². The van der Waals surface area contributed by atoms with E-state index in [1.54, 1.807) is 25.6 Å². The Hall–Kier alpha value is -2.09. The number of amides is 1. The van der Waals surface area contributed by atoms with Crippen LogP contribution in [0.2, 0.25) is 0 Å². The molecule has 7 nitrogen and oxygen atoms in total. The predicted molar refractivity (Wildman–Crippen MR) is 80.6 cm³/mol. The molecule has 0 aliphatic rings. The minimum Gasteiger partial charge on any atom is -0.352 e. The minimum atomic E-state index is -0.439. The van der Waals surface area contributed by atoms with Gasteiger partial charge in [-0.3, -0.25) is 4.79 Å². The summed E-state index contributed by atoms with van der Waals surface area (Å²) in [6.45, 7) is 2.23. The van der Waals surface area contributed by atoms with E-state index in [1.807, 2.05) is 0 Å². The van der Waals surface area contributed by atoms with Crippen LogP contribution >= 0.6 is 11.8 Å². The Balaban J connectivity index is 1.95. The van der Waals surface area contributed by atoms with Gasteiger partial charge in [0.1, 0.15) is 10.9 Å². The fourth-order valence-electron chi connectivity index (χ4n) is 1.96. The highest BCUT2D eigenvalue weighted by atomic mass is 32.2. The highest BCUT2D eigenvalue weighted by Crippen LogP contribution is 2.17. The maximum Gasteiger partial charge on any atom is 0.346 e. The minimum absolute atomic E-state index is 0.222. The van der Waals surface area contributed by atoms with E-state index in [9.17, 15) is 9.59 Å². The van der Waals surface area contributed by atoms with Crippen molar-refractivity contribution in [3.8, 4) is 0 Å². The molecular formula is C13H17N5O2S. The van der Waals surface area contributed by atoms with E-state index < -0.39 is 5.69 Å². The molecule has 0 aliphatic carbocycles. The number of aromatic nitrogens is 4. The average molecular weight is 307 g/mol. The van der Waals surface area contributed by atoms with Crippen molar-refractivity contribution in [1.29, 1.82) is 0 Å². The number of rotatable bonds is 6. The number of nitrogens with one attached hydrogen (secondary N) is 3. The Morgan fingerprint density at radius 3 is 2.95 bits per heavy atom. The van der Waals surface area contributed by atoms with Gasteiger partial charge in [-0.1, -0.05) is 0 Å². The van der Waals surface area contributed by atoms with E-state index in [1.165, 1.54) is 11.8 Å². The molecule has 0 fully saturated rings. The van der Waals surface area contributed by atoms with Gasteiger partial charge in [-0.2, -0.15) is 4.98 Å². The summed E-state index contributed by atoms with van der Waals surface area (Å²) in [5.41, 5.74) is 0.522. The van der Waals surface area contributed by atoms with Crippen molar-refractivity contribution in [3.63, 3.8) is 0 Å². The molecule has 2 heterocycles. The summed E-state index contributed by atoms with van der Waals surface area (Å²) in [7, 11) is 0. The number of hydrogen-bond donors (Lipinski definition) is 3. The van der Waals surface area contributed by atoms with Crippen LogP contribution in [0.3, 0.4) is 0 Å². The lowest BCUT2D eigenvalue weighted by molar-refractivity contribution is 0.0948. The third kappa shape index (κ3) is 3.94. The van der Waals surface area contributed by atoms with Crippen LogP contribution in [0, 0.1) is 6.92 Å². The Labute approximate surface area is 126 Å². The van der Waals surface area contributed by atoms with Crippen molar-refractivity contribution < 1.29 is 4.79 Å². The van der Waals surface area contributed by atoms with Gasteiger partial charge in [0.2, 0.25) is 0 Å². The molecule has 0 bridgehead atoms. The molecule has 0 aromatic carbocycles. The molecule has 0 saturated heterocycles. The number of carbonyl (C=O) groups is 1. The Morgan fingerprint density at radius 2 is 2.29 bits per heavy atom. The standard InChI is InChI=1S/C13H17N5O2S/c1-8-10(12(21-2)18-13(20)17-8)11(19)16-5-3-4-9-14-6-7-15-9/h6-7H,3-5H2,1-2H3,(H,14,15)(H,16,19)(H,17,18,20). The van der Waals surface area contributed by atoms with Crippen molar-refractivity contribution in [2.24, 2.45) is 0 Å². The summed E-state index contributed by atoms with van der Waals surface area (Å²) >= 11 is 1.28. The fourth-order valence-corrected chi connectivity index (χ4v) is 2.58. The van der Waals surface area contributed by atoms with Crippen LogP contribution < -0.4 is 11.0 Å². The van der Waals surface area contributed by atoms with Gasteiger partial charge >= 0.3 is 5.69 Å². The van der Waals surface area contributed by atoms with Crippen LogP contribution in [0.15, 0.2) is 22.2 Å². The van der Waals surface area contributed by atoms with E-state index in [0.29, 0.717) is 22.8 Å². The summed E-state index contributed by atoms with van der Waals surface area (Å²) in [6, 6.07) is 0. The molecule has 0 radical (unpaired) electrons. The molecule has 0 unspecified atom stereocenters. The average Bonchev–Trinajstić information content (AvgIpc) is 2.95. The number of thioether (sulfide) groups is 1. The van der Waals surface area contributed by atoms with Crippen LogP contribution in [-0.4, -0.2) is 38.6 Å². The second kappa shape index (κ2) is 7.07. The second-order valence-corrected chi connectivity index (χ2v) is 5.24. The Bertz CT molecular complexity index is 666. The topological polar surface area (TPSA) is 104 Å². The molecule has 3 N–H and O–H groups in total. The molecule has 0 atom stereocenters. The monoisotopic (exact) mass is 307 g/mol. The number of aryl methyl sites for hydroxylation is 2. The van der Waals surface area contributed by atoms with E-state index in [-0.39, 0.29) is 5.91 Å². The maximum absolute atomic E-state index is 12.2. The van der Waals surface area contributed by atoms with Gasteiger partial charge in [0.05, 0.1) is 5.56 Å². The number of carbonyl (C=O) groups excluding carboxylic acids is 1. The van der Waals surface area contributed by atoms with Crippen molar-refractivity contribution >= 4 is 17.7 Å². The van der Waals surface area contributed by atoms with E-state index in [4.69, 9.17) is 0 Å². The largest absolute Gasteiger partial charge is 0.352 e. The first-order valence-corrected chi connectivity index (χ1v) is 7.75. The first-order chi connectivity index (χ1) is 10.1. The van der Waals surface area contributed by atoms with Crippen molar-refractivity contribution in [2.75, 3.05) is 12.8 Å². The number of nitrogens with zero attached hydrogens (tertiary/aromatic N) is 2. The molecule has 2 rings (SSSR count).